The van der Waals surface area contributed by atoms with Gasteiger partial charge in [-0.25, -0.2) is 14.4 Å². The van der Waals surface area contributed by atoms with Crippen LogP contribution in [0, 0.1) is 0 Å². The molecule has 2 N–H and O–H groups in total. The van der Waals surface area contributed by atoms with Crippen molar-refractivity contribution in [2.75, 3.05) is 7.11 Å². The van der Waals surface area contributed by atoms with Gasteiger partial charge in [-0.05, 0) is 20.3 Å². The van der Waals surface area contributed by atoms with Gasteiger partial charge in [-0.1, -0.05) is 32.9 Å². The second-order valence-electron chi connectivity index (χ2n) is 6.21. The Morgan fingerprint density at radius 3 is 1.78 bits per heavy atom. The number of esters is 3. The van der Waals surface area contributed by atoms with E-state index in [9.17, 15) is 24.6 Å². The molecule has 152 valence electrons. The van der Waals surface area contributed by atoms with Crippen LogP contribution in [0.15, 0.2) is 35.8 Å². The lowest BCUT2D eigenvalue weighted by Gasteiger charge is -2.23. The Morgan fingerprint density at radius 1 is 0.926 bits per heavy atom. The average molecular weight is 384 g/mol. The fraction of sp³-hybridized carbons (Fsp3) is 0.526. The maximum absolute atomic E-state index is 12.1. The molecule has 0 saturated heterocycles. The van der Waals surface area contributed by atoms with Gasteiger partial charge in [0.1, 0.15) is 5.57 Å². The summed E-state index contributed by atoms with van der Waals surface area (Å²) < 4.78 is 14.4. The van der Waals surface area contributed by atoms with Crippen molar-refractivity contribution in [3.8, 4) is 0 Å². The molecule has 8 heteroatoms. The number of ether oxygens (including phenoxy) is 3. The fourth-order valence-electron chi connectivity index (χ4n) is 1.87. The van der Waals surface area contributed by atoms with Crippen molar-refractivity contribution in [2.45, 2.75) is 58.7 Å². The number of unbranched alkanes of at least 4 members (excludes halogenated alkanes) is 2. The largest absolute Gasteiger partial charge is 0.465 e. The van der Waals surface area contributed by atoms with Gasteiger partial charge < -0.3 is 24.4 Å². The van der Waals surface area contributed by atoms with Crippen molar-refractivity contribution in [3.05, 3.63) is 35.8 Å². The number of carbonyl (C=O) groups is 3. The SMILES string of the molecule is C=C(C)C(=O)OC(OC(=O)C(=C)C)=C(CC(O)(O)CCCCC)C(=O)OC. The van der Waals surface area contributed by atoms with Crippen LogP contribution in [0.1, 0.15) is 52.9 Å². The maximum Gasteiger partial charge on any atom is 0.341 e. The van der Waals surface area contributed by atoms with Gasteiger partial charge in [0, 0.05) is 24.0 Å². The van der Waals surface area contributed by atoms with E-state index in [4.69, 9.17) is 9.47 Å². The van der Waals surface area contributed by atoms with E-state index in [0.717, 1.165) is 20.0 Å². The van der Waals surface area contributed by atoms with Crippen molar-refractivity contribution in [1.82, 2.24) is 0 Å². The topological polar surface area (TPSA) is 119 Å². The molecule has 0 atom stereocenters. The normalized spacial score (nSPS) is 10.6. The number of aliphatic hydroxyl groups is 2. The lowest BCUT2D eigenvalue weighted by molar-refractivity contribution is -0.171. The van der Waals surface area contributed by atoms with Crippen LogP contribution in [-0.4, -0.2) is 41.0 Å². The number of rotatable bonds is 11. The summed E-state index contributed by atoms with van der Waals surface area (Å²) in [5.74, 6) is -6.07. The van der Waals surface area contributed by atoms with Crippen LogP contribution in [0.2, 0.25) is 0 Å². The predicted molar refractivity (Wildman–Crippen MR) is 96.8 cm³/mol. The summed E-state index contributed by atoms with van der Waals surface area (Å²) in [6.45, 7) is 11.5. The van der Waals surface area contributed by atoms with Crippen molar-refractivity contribution >= 4 is 17.9 Å². The monoisotopic (exact) mass is 384 g/mol. The molecule has 0 fully saturated rings. The molecule has 0 aliphatic rings. The minimum atomic E-state index is -2.30. The average Bonchev–Trinajstić information content (AvgIpc) is 2.58. The Morgan fingerprint density at radius 2 is 1.41 bits per heavy atom. The van der Waals surface area contributed by atoms with E-state index in [-0.39, 0.29) is 17.6 Å². The van der Waals surface area contributed by atoms with Gasteiger partial charge in [0.2, 0.25) is 0 Å². The maximum atomic E-state index is 12.1. The summed E-state index contributed by atoms with van der Waals surface area (Å²) in [4.78, 5) is 35.8. The molecule has 0 bridgehead atoms. The zero-order chi connectivity index (χ0) is 21.2. The molecule has 0 aliphatic heterocycles. The molecule has 0 radical (unpaired) electrons. The number of carbonyl (C=O) groups excluding carboxylic acids is 3. The van der Waals surface area contributed by atoms with E-state index < -0.39 is 41.6 Å². The summed E-state index contributed by atoms with van der Waals surface area (Å²) in [7, 11) is 1.05. The minimum Gasteiger partial charge on any atom is -0.465 e. The van der Waals surface area contributed by atoms with Crippen LogP contribution in [0.25, 0.3) is 0 Å². The highest BCUT2D eigenvalue weighted by Gasteiger charge is 2.33. The van der Waals surface area contributed by atoms with Crippen LogP contribution in [0.3, 0.4) is 0 Å². The van der Waals surface area contributed by atoms with Gasteiger partial charge >= 0.3 is 23.9 Å². The van der Waals surface area contributed by atoms with E-state index in [0.29, 0.717) is 6.42 Å². The second kappa shape index (κ2) is 11.3. The number of hydrogen-bond donors (Lipinski definition) is 2. The molecular weight excluding hydrogens is 356 g/mol. The molecule has 0 spiro atoms. The first-order valence-electron chi connectivity index (χ1n) is 8.46. The van der Waals surface area contributed by atoms with Crippen molar-refractivity contribution in [2.24, 2.45) is 0 Å². The molecule has 8 nitrogen and oxygen atoms in total. The zero-order valence-electron chi connectivity index (χ0n) is 16.3. The molecule has 0 aromatic heterocycles. The van der Waals surface area contributed by atoms with Crippen LogP contribution >= 0.6 is 0 Å². The third-order valence-corrected chi connectivity index (χ3v) is 3.39. The molecule has 0 aromatic rings. The van der Waals surface area contributed by atoms with Crippen molar-refractivity contribution < 1.29 is 38.8 Å². The van der Waals surface area contributed by atoms with Gasteiger partial charge in [0.15, 0.2) is 5.79 Å². The lowest BCUT2D eigenvalue weighted by atomic mass is 9.99. The van der Waals surface area contributed by atoms with Gasteiger partial charge in [0.05, 0.1) is 7.11 Å². The molecular formula is C19H28O8. The van der Waals surface area contributed by atoms with Gasteiger partial charge in [-0.3, -0.25) is 0 Å². The van der Waals surface area contributed by atoms with Crippen LogP contribution in [-0.2, 0) is 28.6 Å². The summed E-state index contributed by atoms with van der Waals surface area (Å²) in [5.41, 5.74) is -0.557. The third-order valence-electron chi connectivity index (χ3n) is 3.39. The molecule has 0 amide bonds. The Hall–Kier alpha value is -2.45. The Kier molecular flexibility index (Phi) is 10.3. The van der Waals surface area contributed by atoms with Gasteiger partial charge in [-0.15, -0.1) is 0 Å². The van der Waals surface area contributed by atoms with Crippen LogP contribution in [0.5, 0.6) is 0 Å². The molecule has 0 heterocycles. The van der Waals surface area contributed by atoms with Gasteiger partial charge in [-0.2, -0.15) is 0 Å². The van der Waals surface area contributed by atoms with E-state index in [1.54, 1.807) is 0 Å². The van der Waals surface area contributed by atoms with Crippen molar-refractivity contribution in [3.63, 3.8) is 0 Å². The van der Waals surface area contributed by atoms with Crippen molar-refractivity contribution in [1.29, 1.82) is 0 Å². The number of methoxy groups -OCH3 is 1. The highest BCUT2D eigenvalue weighted by Crippen LogP contribution is 2.26. The zero-order valence-corrected chi connectivity index (χ0v) is 16.3. The minimum absolute atomic E-state index is 0.0229. The molecule has 0 aromatic carbocycles. The highest BCUT2D eigenvalue weighted by atomic mass is 16.7. The van der Waals surface area contributed by atoms with Gasteiger partial charge in [0.25, 0.3) is 0 Å². The third kappa shape index (κ3) is 9.16. The molecule has 0 aliphatic carbocycles. The molecule has 27 heavy (non-hydrogen) atoms. The second-order valence-corrected chi connectivity index (χ2v) is 6.21. The summed E-state index contributed by atoms with van der Waals surface area (Å²) in [6.07, 6.45) is 1.38. The quantitative estimate of drug-likeness (QED) is 0.183. The first kappa shape index (κ1) is 24.6. The molecule has 0 rings (SSSR count). The lowest BCUT2D eigenvalue weighted by Crippen LogP contribution is -2.31. The molecule has 0 unspecified atom stereocenters. The Labute approximate surface area is 159 Å². The van der Waals surface area contributed by atoms with E-state index in [1.165, 1.54) is 13.8 Å². The Bertz CT molecular complexity index is 598. The van der Waals surface area contributed by atoms with Crippen LogP contribution < -0.4 is 0 Å². The van der Waals surface area contributed by atoms with E-state index >= 15 is 0 Å². The standard InChI is InChI=1S/C19H28O8/c1-7-8-9-10-19(23,24)11-14(17(22)25-6)18(26-15(20)12(2)3)27-16(21)13(4)5/h23-24H,2,4,7-11H2,1,3,5-6H3. The van der Waals surface area contributed by atoms with Crippen LogP contribution in [0.4, 0.5) is 0 Å². The number of hydrogen-bond acceptors (Lipinski definition) is 8. The summed E-state index contributed by atoms with van der Waals surface area (Å²) in [5, 5.41) is 20.4. The van der Waals surface area contributed by atoms with E-state index in [2.05, 4.69) is 17.9 Å². The summed E-state index contributed by atoms with van der Waals surface area (Å²) >= 11 is 0. The highest BCUT2D eigenvalue weighted by molar-refractivity contribution is 5.93. The van der Waals surface area contributed by atoms with E-state index in [1.807, 2.05) is 6.92 Å². The Balaban J connectivity index is 5.95. The summed E-state index contributed by atoms with van der Waals surface area (Å²) in [6, 6.07) is 0. The smallest absolute Gasteiger partial charge is 0.341 e. The molecule has 0 saturated carbocycles. The fourth-order valence-corrected chi connectivity index (χ4v) is 1.87. The first-order chi connectivity index (χ1) is 12.4. The first-order valence-corrected chi connectivity index (χ1v) is 8.46. The predicted octanol–water partition coefficient (Wildman–Crippen LogP) is 2.26.